The monoisotopic (exact) mass is 405 g/mol. The summed E-state index contributed by atoms with van der Waals surface area (Å²) < 4.78 is 5.90. The van der Waals surface area contributed by atoms with Crippen LogP contribution in [0.3, 0.4) is 0 Å². The van der Waals surface area contributed by atoms with Gasteiger partial charge in [-0.2, -0.15) is 0 Å². The number of aryl methyl sites for hydroxylation is 2. The van der Waals surface area contributed by atoms with Gasteiger partial charge in [-0.05, 0) is 32.4 Å². The number of aromatic amines is 1. The minimum atomic E-state index is -0.654. The van der Waals surface area contributed by atoms with E-state index < -0.39 is 6.10 Å². The number of fused-ring (bicyclic) bond motifs is 1. The molecule has 0 unspecified atom stereocenters. The molecule has 30 heavy (non-hydrogen) atoms. The summed E-state index contributed by atoms with van der Waals surface area (Å²) >= 11 is 0. The third-order valence-electron chi connectivity index (χ3n) is 5.17. The zero-order valence-corrected chi connectivity index (χ0v) is 17.2. The third-order valence-corrected chi connectivity index (χ3v) is 5.17. The van der Waals surface area contributed by atoms with E-state index in [1.807, 2.05) is 32.0 Å². The molecule has 8 nitrogen and oxygen atoms in total. The second-order valence-corrected chi connectivity index (χ2v) is 7.47. The quantitative estimate of drug-likeness (QED) is 0.714. The van der Waals surface area contributed by atoms with Crippen molar-refractivity contribution < 1.29 is 9.53 Å². The number of hydrogen-bond acceptors (Lipinski definition) is 6. The Morgan fingerprint density at radius 3 is 2.83 bits per heavy atom. The van der Waals surface area contributed by atoms with Gasteiger partial charge in [0.25, 0.3) is 11.5 Å². The van der Waals surface area contributed by atoms with Crippen molar-refractivity contribution >= 4 is 5.91 Å². The Morgan fingerprint density at radius 1 is 1.27 bits per heavy atom. The van der Waals surface area contributed by atoms with E-state index in [4.69, 9.17) is 4.74 Å². The van der Waals surface area contributed by atoms with Crippen molar-refractivity contribution in [2.75, 3.05) is 6.54 Å². The molecule has 0 radical (unpaired) electrons. The molecule has 1 amide bonds. The van der Waals surface area contributed by atoms with E-state index in [9.17, 15) is 9.59 Å². The number of rotatable bonds is 4. The summed E-state index contributed by atoms with van der Waals surface area (Å²) in [7, 11) is 0. The molecule has 8 heteroatoms. The second-order valence-electron chi connectivity index (χ2n) is 7.47. The van der Waals surface area contributed by atoms with Gasteiger partial charge in [-0.25, -0.2) is 9.97 Å². The molecular formula is C22H23N5O3. The fourth-order valence-electron chi connectivity index (χ4n) is 3.59. The van der Waals surface area contributed by atoms with E-state index in [1.54, 1.807) is 30.4 Å². The summed E-state index contributed by atoms with van der Waals surface area (Å²) in [6, 6.07) is 5.85. The first-order valence-corrected chi connectivity index (χ1v) is 9.83. The van der Waals surface area contributed by atoms with Gasteiger partial charge in [0.2, 0.25) is 0 Å². The molecule has 4 rings (SSSR count). The molecule has 1 atom stereocenters. The zero-order chi connectivity index (χ0) is 21.3. The Morgan fingerprint density at radius 2 is 2.10 bits per heavy atom. The number of amides is 1. The van der Waals surface area contributed by atoms with Gasteiger partial charge < -0.3 is 14.6 Å². The number of nitrogens with one attached hydrogen (secondary N) is 1. The lowest BCUT2D eigenvalue weighted by Gasteiger charge is -2.30. The molecule has 0 spiro atoms. The van der Waals surface area contributed by atoms with E-state index in [0.717, 1.165) is 11.1 Å². The fraction of sp³-hybridized carbons (Fsp3) is 0.318. The second kappa shape index (κ2) is 8.06. The number of ether oxygens (including phenoxy) is 1. The van der Waals surface area contributed by atoms with Crippen LogP contribution in [0.15, 0.2) is 41.6 Å². The van der Waals surface area contributed by atoms with Crippen molar-refractivity contribution in [3.63, 3.8) is 0 Å². The van der Waals surface area contributed by atoms with Crippen molar-refractivity contribution in [1.82, 2.24) is 24.8 Å². The molecule has 0 fully saturated rings. The maximum absolute atomic E-state index is 12.9. The molecule has 1 N–H and O–H groups in total. The SMILES string of the molecule is Cc1ccc(O[C@@H](C)C(=O)N2CCc3nc(-c4cnccn4)[nH]c(=O)c3C2)c(C)c1. The van der Waals surface area contributed by atoms with Crippen LogP contribution in [0, 0.1) is 13.8 Å². The van der Waals surface area contributed by atoms with Crippen LogP contribution in [0.4, 0.5) is 0 Å². The third kappa shape index (κ3) is 3.94. The largest absolute Gasteiger partial charge is 0.481 e. The van der Waals surface area contributed by atoms with Crippen LogP contribution in [0.5, 0.6) is 5.75 Å². The number of carbonyl (C=O) groups is 1. The van der Waals surface area contributed by atoms with E-state index >= 15 is 0 Å². The first kappa shape index (κ1) is 19.8. The summed E-state index contributed by atoms with van der Waals surface area (Å²) in [5, 5.41) is 0. The van der Waals surface area contributed by atoms with Crippen LogP contribution in [0.2, 0.25) is 0 Å². The van der Waals surface area contributed by atoms with E-state index in [-0.39, 0.29) is 18.0 Å². The fourth-order valence-corrected chi connectivity index (χ4v) is 3.59. The standard InChI is InChI=1S/C22H23N5O3/c1-13-4-5-19(14(2)10-13)30-15(3)22(29)27-9-6-17-16(12-27)21(28)26-20(25-17)18-11-23-7-8-24-18/h4-5,7-8,10-11,15H,6,9,12H2,1-3H3,(H,25,26,28)/t15-/m0/s1. The first-order chi connectivity index (χ1) is 14.4. The van der Waals surface area contributed by atoms with Crippen LogP contribution < -0.4 is 10.3 Å². The Hall–Kier alpha value is -3.55. The lowest BCUT2D eigenvalue weighted by atomic mass is 10.1. The number of benzene rings is 1. The van der Waals surface area contributed by atoms with Crippen LogP contribution >= 0.6 is 0 Å². The Labute approximate surface area is 174 Å². The van der Waals surface area contributed by atoms with Crippen molar-refractivity contribution in [2.24, 2.45) is 0 Å². The smallest absolute Gasteiger partial charge is 0.263 e. The number of hydrogen-bond donors (Lipinski definition) is 1. The number of aromatic nitrogens is 4. The number of nitrogens with zero attached hydrogens (tertiary/aromatic N) is 4. The molecule has 0 bridgehead atoms. The number of H-pyrrole nitrogens is 1. The zero-order valence-electron chi connectivity index (χ0n) is 17.2. The van der Waals surface area contributed by atoms with E-state index in [2.05, 4.69) is 19.9 Å². The summed E-state index contributed by atoms with van der Waals surface area (Å²) in [5.74, 6) is 0.920. The molecule has 1 aliphatic heterocycles. The van der Waals surface area contributed by atoms with Gasteiger partial charge in [-0.3, -0.25) is 14.6 Å². The molecule has 0 saturated heterocycles. The topological polar surface area (TPSA) is 101 Å². The van der Waals surface area contributed by atoms with Crippen LogP contribution in [0.25, 0.3) is 11.5 Å². The van der Waals surface area contributed by atoms with Gasteiger partial charge >= 0.3 is 0 Å². The Kier molecular flexibility index (Phi) is 5.31. The van der Waals surface area contributed by atoms with E-state index in [1.165, 1.54) is 0 Å². The molecule has 154 valence electrons. The van der Waals surface area contributed by atoms with Gasteiger partial charge in [0.05, 0.1) is 24.0 Å². The van der Waals surface area contributed by atoms with Crippen molar-refractivity contribution in [3.05, 3.63) is 69.5 Å². The van der Waals surface area contributed by atoms with Crippen molar-refractivity contribution in [1.29, 1.82) is 0 Å². The lowest BCUT2D eigenvalue weighted by molar-refractivity contribution is -0.139. The highest BCUT2D eigenvalue weighted by molar-refractivity contribution is 5.81. The summed E-state index contributed by atoms with van der Waals surface area (Å²) in [5.41, 5.74) is 3.55. The molecule has 2 aromatic heterocycles. The highest BCUT2D eigenvalue weighted by Crippen LogP contribution is 2.22. The minimum Gasteiger partial charge on any atom is -0.481 e. The van der Waals surface area contributed by atoms with Gasteiger partial charge in [-0.1, -0.05) is 17.7 Å². The molecule has 1 aliphatic rings. The molecule has 1 aromatic carbocycles. The van der Waals surface area contributed by atoms with Gasteiger partial charge in [0.1, 0.15) is 11.4 Å². The molecule has 3 aromatic rings. The average molecular weight is 405 g/mol. The predicted molar refractivity (Wildman–Crippen MR) is 111 cm³/mol. The Bertz CT molecular complexity index is 1140. The van der Waals surface area contributed by atoms with Gasteiger partial charge in [0.15, 0.2) is 11.9 Å². The molecular weight excluding hydrogens is 382 g/mol. The lowest BCUT2D eigenvalue weighted by Crippen LogP contribution is -2.45. The summed E-state index contributed by atoms with van der Waals surface area (Å²) in [6.45, 7) is 6.38. The van der Waals surface area contributed by atoms with Crippen LogP contribution in [-0.2, 0) is 17.8 Å². The van der Waals surface area contributed by atoms with Gasteiger partial charge in [0, 0.05) is 25.4 Å². The molecule has 0 saturated carbocycles. The highest BCUT2D eigenvalue weighted by Gasteiger charge is 2.28. The normalized spacial score (nSPS) is 14.2. The van der Waals surface area contributed by atoms with Gasteiger partial charge in [-0.15, -0.1) is 0 Å². The van der Waals surface area contributed by atoms with Crippen molar-refractivity contribution in [2.45, 2.75) is 39.8 Å². The van der Waals surface area contributed by atoms with Crippen LogP contribution in [-0.4, -0.2) is 43.4 Å². The van der Waals surface area contributed by atoms with Crippen molar-refractivity contribution in [3.8, 4) is 17.3 Å². The maximum Gasteiger partial charge on any atom is 0.263 e. The summed E-state index contributed by atoms with van der Waals surface area (Å²) in [4.78, 5) is 42.7. The maximum atomic E-state index is 12.9. The van der Waals surface area contributed by atoms with E-state index in [0.29, 0.717) is 41.5 Å². The number of carbonyl (C=O) groups excluding carboxylic acids is 1. The molecule has 3 heterocycles. The van der Waals surface area contributed by atoms with Crippen LogP contribution in [0.1, 0.15) is 29.3 Å². The first-order valence-electron chi connectivity index (χ1n) is 9.83. The predicted octanol–water partition coefficient (Wildman–Crippen LogP) is 2.20. The average Bonchev–Trinajstić information content (AvgIpc) is 2.75. The Balaban J connectivity index is 1.51. The summed E-state index contributed by atoms with van der Waals surface area (Å²) in [6.07, 6.45) is 4.50. The minimum absolute atomic E-state index is 0.155. The molecule has 0 aliphatic carbocycles. The highest BCUT2D eigenvalue weighted by atomic mass is 16.5.